The molecular weight excluding hydrogens is 272 g/mol. The van der Waals surface area contributed by atoms with Crippen molar-refractivity contribution in [2.75, 3.05) is 7.11 Å². The van der Waals surface area contributed by atoms with Crippen LogP contribution in [0.4, 0.5) is 0 Å². The van der Waals surface area contributed by atoms with Gasteiger partial charge in [-0.1, -0.05) is 24.4 Å². The average Bonchev–Trinajstić information content (AvgIpc) is 2.46. The number of methoxy groups -OCH3 is 1. The fraction of sp³-hybridized carbons (Fsp3) is 0.200. The highest BCUT2D eigenvalue weighted by molar-refractivity contribution is 7.80. The Morgan fingerprint density at radius 3 is 2.80 bits per heavy atom. The molecule has 0 amide bonds. The van der Waals surface area contributed by atoms with Crippen LogP contribution < -0.4 is 15.2 Å². The molecular formula is C15H16N2O2S. The van der Waals surface area contributed by atoms with Gasteiger partial charge in [-0.05, 0) is 30.7 Å². The lowest BCUT2D eigenvalue weighted by molar-refractivity contribution is 0.284. The Bertz CT molecular complexity index is 629. The lowest BCUT2D eigenvalue weighted by atomic mass is 10.2. The van der Waals surface area contributed by atoms with E-state index in [4.69, 9.17) is 27.4 Å². The summed E-state index contributed by atoms with van der Waals surface area (Å²) in [6.45, 7) is 2.33. The van der Waals surface area contributed by atoms with Gasteiger partial charge in [0.25, 0.3) is 0 Å². The lowest BCUT2D eigenvalue weighted by Crippen LogP contribution is -2.15. The van der Waals surface area contributed by atoms with Crippen molar-refractivity contribution in [3.8, 4) is 11.5 Å². The molecule has 0 bridgehead atoms. The van der Waals surface area contributed by atoms with E-state index in [1.807, 2.05) is 37.3 Å². The minimum atomic E-state index is 0.264. The number of ether oxygens (including phenoxy) is 2. The smallest absolute Gasteiger partial charge is 0.161 e. The number of aryl methyl sites for hydroxylation is 1. The fourth-order valence-corrected chi connectivity index (χ4v) is 2.01. The van der Waals surface area contributed by atoms with Gasteiger partial charge in [-0.2, -0.15) is 0 Å². The Labute approximate surface area is 123 Å². The summed E-state index contributed by atoms with van der Waals surface area (Å²) < 4.78 is 11.1. The molecule has 2 rings (SSSR count). The van der Waals surface area contributed by atoms with Gasteiger partial charge in [0.15, 0.2) is 11.5 Å². The molecule has 1 aromatic heterocycles. The van der Waals surface area contributed by atoms with Gasteiger partial charge in [0.1, 0.15) is 17.3 Å². The first kappa shape index (κ1) is 14.3. The van der Waals surface area contributed by atoms with E-state index in [9.17, 15) is 0 Å². The summed E-state index contributed by atoms with van der Waals surface area (Å²) in [7, 11) is 1.62. The topological polar surface area (TPSA) is 57.4 Å². The maximum atomic E-state index is 5.78. The molecule has 0 saturated heterocycles. The molecule has 0 radical (unpaired) electrons. The molecule has 2 aromatic rings. The SMILES string of the molecule is COc1cc(C)ccc1OCc1cccnc1C(N)=S. The third-order valence-electron chi connectivity index (χ3n) is 2.83. The summed E-state index contributed by atoms with van der Waals surface area (Å²) in [6.07, 6.45) is 1.66. The van der Waals surface area contributed by atoms with Gasteiger partial charge in [-0.25, -0.2) is 0 Å². The molecule has 0 atom stereocenters. The van der Waals surface area contributed by atoms with Gasteiger partial charge in [0.2, 0.25) is 0 Å². The first-order valence-electron chi connectivity index (χ1n) is 6.13. The molecule has 4 nitrogen and oxygen atoms in total. The highest BCUT2D eigenvalue weighted by Crippen LogP contribution is 2.28. The van der Waals surface area contributed by atoms with E-state index in [-0.39, 0.29) is 4.99 Å². The zero-order chi connectivity index (χ0) is 14.5. The highest BCUT2D eigenvalue weighted by atomic mass is 32.1. The summed E-state index contributed by atoms with van der Waals surface area (Å²) in [6, 6.07) is 9.49. The maximum absolute atomic E-state index is 5.78. The molecule has 0 aliphatic heterocycles. The Morgan fingerprint density at radius 2 is 2.10 bits per heavy atom. The largest absolute Gasteiger partial charge is 0.493 e. The Balaban J connectivity index is 2.19. The summed E-state index contributed by atoms with van der Waals surface area (Å²) in [5.41, 5.74) is 8.20. The molecule has 0 fully saturated rings. The molecule has 0 aliphatic carbocycles. The number of aromatic nitrogens is 1. The summed E-state index contributed by atoms with van der Waals surface area (Å²) >= 11 is 4.98. The number of thiocarbonyl (C=S) groups is 1. The Hall–Kier alpha value is -2.14. The van der Waals surface area contributed by atoms with Crippen LogP contribution in [0.5, 0.6) is 11.5 Å². The van der Waals surface area contributed by atoms with E-state index in [1.165, 1.54) is 0 Å². The van der Waals surface area contributed by atoms with Crippen LogP contribution in [0.3, 0.4) is 0 Å². The first-order valence-corrected chi connectivity index (χ1v) is 6.53. The third kappa shape index (κ3) is 3.24. The van der Waals surface area contributed by atoms with E-state index in [2.05, 4.69) is 4.98 Å². The normalized spacial score (nSPS) is 10.1. The van der Waals surface area contributed by atoms with E-state index < -0.39 is 0 Å². The number of nitrogens with zero attached hydrogens (tertiary/aromatic N) is 1. The summed E-state index contributed by atoms with van der Waals surface area (Å²) in [5, 5.41) is 0. The van der Waals surface area contributed by atoms with Crippen molar-refractivity contribution in [3.05, 3.63) is 53.3 Å². The van der Waals surface area contributed by atoms with Gasteiger partial charge in [0.05, 0.1) is 7.11 Å². The van der Waals surface area contributed by atoms with Crippen molar-refractivity contribution in [1.29, 1.82) is 0 Å². The van der Waals surface area contributed by atoms with Crippen LogP contribution in [-0.2, 0) is 6.61 Å². The second-order valence-electron chi connectivity index (χ2n) is 4.32. The van der Waals surface area contributed by atoms with E-state index >= 15 is 0 Å². The molecule has 104 valence electrons. The molecule has 0 spiro atoms. The molecule has 20 heavy (non-hydrogen) atoms. The van der Waals surface area contributed by atoms with Crippen LogP contribution >= 0.6 is 12.2 Å². The molecule has 1 aromatic carbocycles. The quantitative estimate of drug-likeness (QED) is 0.857. The number of rotatable bonds is 5. The van der Waals surface area contributed by atoms with E-state index in [1.54, 1.807) is 13.3 Å². The van der Waals surface area contributed by atoms with Gasteiger partial charge >= 0.3 is 0 Å². The molecule has 5 heteroatoms. The fourth-order valence-electron chi connectivity index (χ4n) is 1.83. The minimum absolute atomic E-state index is 0.264. The van der Waals surface area contributed by atoms with Gasteiger partial charge in [0, 0.05) is 11.8 Å². The number of benzene rings is 1. The predicted octanol–water partition coefficient (Wildman–Crippen LogP) is 2.61. The van der Waals surface area contributed by atoms with Crippen LogP contribution in [0.2, 0.25) is 0 Å². The van der Waals surface area contributed by atoms with Crippen LogP contribution in [-0.4, -0.2) is 17.1 Å². The number of nitrogens with two attached hydrogens (primary N) is 1. The molecule has 2 N–H and O–H groups in total. The van der Waals surface area contributed by atoms with E-state index in [0.717, 1.165) is 11.1 Å². The molecule has 0 saturated carbocycles. The van der Waals surface area contributed by atoms with Crippen molar-refractivity contribution in [2.24, 2.45) is 5.73 Å². The lowest BCUT2D eigenvalue weighted by Gasteiger charge is -2.12. The molecule has 1 heterocycles. The second-order valence-corrected chi connectivity index (χ2v) is 4.76. The predicted molar refractivity (Wildman–Crippen MR) is 82.2 cm³/mol. The molecule has 0 unspecified atom stereocenters. The first-order chi connectivity index (χ1) is 9.61. The minimum Gasteiger partial charge on any atom is -0.493 e. The monoisotopic (exact) mass is 288 g/mol. The van der Waals surface area contributed by atoms with Crippen LogP contribution in [0.25, 0.3) is 0 Å². The van der Waals surface area contributed by atoms with Crippen molar-refractivity contribution >= 4 is 17.2 Å². The number of pyridine rings is 1. The van der Waals surface area contributed by atoms with Crippen LogP contribution in [0.1, 0.15) is 16.8 Å². The molecule has 0 aliphatic rings. The third-order valence-corrected chi connectivity index (χ3v) is 3.02. The van der Waals surface area contributed by atoms with Crippen molar-refractivity contribution in [2.45, 2.75) is 13.5 Å². The number of hydrogen-bond donors (Lipinski definition) is 1. The van der Waals surface area contributed by atoms with Gasteiger partial charge in [-0.3, -0.25) is 4.98 Å². The highest BCUT2D eigenvalue weighted by Gasteiger charge is 2.09. The zero-order valence-corrected chi connectivity index (χ0v) is 12.2. The maximum Gasteiger partial charge on any atom is 0.161 e. The standard InChI is InChI=1S/C15H16N2O2S/c1-10-5-6-12(13(8-10)18-2)19-9-11-4-3-7-17-14(11)15(16)20/h3-8H,9H2,1-2H3,(H2,16,20). The van der Waals surface area contributed by atoms with Crippen LogP contribution in [0, 0.1) is 6.92 Å². The van der Waals surface area contributed by atoms with Gasteiger partial charge < -0.3 is 15.2 Å². The van der Waals surface area contributed by atoms with Crippen molar-refractivity contribution in [3.63, 3.8) is 0 Å². The zero-order valence-electron chi connectivity index (χ0n) is 11.4. The number of hydrogen-bond acceptors (Lipinski definition) is 4. The van der Waals surface area contributed by atoms with E-state index in [0.29, 0.717) is 23.8 Å². The average molecular weight is 288 g/mol. The summed E-state index contributed by atoms with van der Waals surface area (Å²) in [4.78, 5) is 4.43. The van der Waals surface area contributed by atoms with Crippen LogP contribution in [0.15, 0.2) is 36.5 Å². The van der Waals surface area contributed by atoms with Crippen molar-refractivity contribution in [1.82, 2.24) is 4.98 Å². The van der Waals surface area contributed by atoms with Gasteiger partial charge in [-0.15, -0.1) is 0 Å². The second kappa shape index (κ2) is 6.34. The van der Waals surface area contributed by atoms with Crippen molar-refractivity contribution < 1.29 is 9.47 Å². The summed E-state index contributed by atoms with van der Waals surface area (Å²) in [5.74, 6) is 1.38. The Morgan fingerprint density at radius 1 is 1.30 bits per heavy atom. The Kier molecular flexibility index (Phi) is 4.53.